The SMILES string of the molecule is CCOc1cccc([C@H](O)C(=N)OC)c1. The number of methoxy groups -OCH3 is 1. The minimum atomic E-state index is -1.03. The molecule has 1 atom stereocenters. The van der Waals surface area contributed by atoms with E-state index >= 15 is 0 Å². The van der Waals surface area contributed by atoms with Crippen molar-refractivity contribution in [2.75, 3.05) is 13.7 Å². The van der Waals surface area contributed by atoms with Crippen LogP contribution in [0.1, 0.15) is 18.6 Å². The van der Waals surface area contributed by atoms with Crippen LogP contribution in [0.5, 0.6) is 5.75 Å². The second kappa shape index (κ2) is 5.36. The van der Waals surface area contributed by atoms with Crippen molar-refractivity contribution < 1.29 is 14.6 Å². The van der Waals surface area contributed by atoms with E-state index in [0.717, 1.165) is 0 Å². The topological polar surface area (TPSA) is 62.5 Å². The normalized spacial score (nSPS) is 11.9. The van der Waals surface area contributed by atoms with Crippen molar-refractivity contribution in [2.45, 2.75) is 13.0 Å². The van der Waals surface area contributed by atoms with Gasteiger partial charge in [-0.15, -0.1) is 0 Å². The first-order valence-electron chi connectivity index (χ1n) is 4.72. The lowest BCUT2D eigenvalue weighted by Crippen LogP contribution is -2.12. The van der Waals surface area contributed by atoms with E-state index < -0.39 is 6.10 Å². The molecule has 4 heteroatoms. The molecule has 0 bridgehead atoms. The molecule has 0 aliphatic rings. The van der Waals surface area contributed by atoms with Gasteiger partial charge in [-0.1, -0.05) is 12.1 Å². The number of nitrogens with one attached hydrogen (secondary N) is 1. The van der Waals surface area contributed by atoms with Crippen LogP contribution >= 0.6 is 0 Å². The van der Waals surface area contributed by atoms with Crippen LogP contribution in [0.4, 0.5) is 0 Å². The molecule has 2 N–H and O–H groups in total. The van der Waals surface area contributed by atoms with Gasteiger partial charge in [0.2, 0.25) is 5.90 Å². The van der Waals surface area contributed by atoms with Gasteiger partial charge in [-0.2, -0.15) is 0 Å². The van der Waals surface area contributed by atoms with Crippen molar-refractivity contribution in [3.05, 3.63) is 29.8 Å². The lowest BCUT2D eigenvalue weighted by atomic mass is 10.1. The first-order chi connectivity index (χ1) is 7.19. The Kier molecular flexibility index (Phi) is 4.12. The average Bonchev–Trinajstić information content (AvgIpc) is 2.28. The minimum Gasteiger partial charge on any atom is -0.494 e. The summed E-state index contributed by atoms with van der Waals surface area (Å²) in [7, 11) is 1.36. The second-order valence-electron chi connectivity index (χ2n) is 2.98. The van der Waals surface area contributed by atoms with Crippen molar-refractivity contribution >= 4 is 5.90 Å². The van der Waals surface area contributed by atoms with Gasteiger partial charge in [-0.3, -0.25) is 5.41 Å². The maximum Gasteiger partial charge on any atom is 0.214 e. The fourth-order valence-electron chi connectivity index (χ4n) is 1.20. The standard InChI is InChI=1S/C11H15NO3/c1-3-15-9-6-4-5-8(7-9)10(13)11(12)14-2/h4-7,10,12-13H,3H2,1-2H3/t10-/m0/s1. The van der Waals surface area contributed by atoms with E-state index in [1.165, 1.54) is 7.11 Å². The molecular weight excluding hydrogens is 194 g/mol. The van der Waals surface area contributed by atoms with Crippen LogP contribution < -0.4 is 4.74 Å². The summed E-state index contributed by atoms with van der Waals surface area (Å²) in [6.07, 6.45) is -1.03. The number of hydrogen-bond acceptors (Lipinski definition) is 4. The van der Waals surface area contributed by atoms with E-state index in [-0.39, 0.29) is 5.90 Å². The molecule has 0 saturated heterocycles. The van der Waals surface area contributed by atoms with Gasteiger partial charge < -0.3 is 14.6 Å². The molecule has 0 aliphatic heterocycles. The zero-order valence-corrected chi connectivity index (χ0v) is 8.86. The van der Waals surface area contributed by atoms with Crippen molar-refractivity contribution in [3.63, 3.8) is 0 Å². The molecule has 0 radical (unpaired) electrons. The van der Waals surface area contributed by atoms with Crippen LogP contribution in [0, 0.1) is 5.41 Å². The van der Waals surface area contributed by atoms with E-state index in [4.69, 9.17) is 10.1 Å². The van der Waals surface area contributed by atoms with Crippen LogP contribution in [0.3, 0.4) is 0 Å². The van der Waals surface area contributed by atoms with Gasteiger partial charge in [0.15, 0.2) is 6.10 Å². The molecule has 0 unspecified atom stereocenters. The Balaban J connectivity index is 2.84. The molecule has 0 heterocycles. The van der Waals surface area contributed by atoms with Crippen LogP contribution in [-0.2, 0) is 4.74 Å². The highest BCUT2D eigenvalue weighted by atomic mass is 16.5. The van der Waals surface area contributed by atoms with Crippen LogP contribution in [0.15, 0.2) is 24.3 Å². The van der Waals surface area contributed by atoms with E-state index in [2.05, 4.69) is 4.74 Å². The third kappa shape index (κ3) is 2.95. The zero-order valence-electron chi connectivity index (χ0n) is 8.86. The van der Waals surface area contributed by atoms with Gasteiger partial charge in [0.25, 0.3) is 0 Å². The van der Waals surface area contributed by atoms with Gasteiger partial charge in [-0.05, 0) is 24.6 Å². The summed E-state index contributed by atoms with van der Waals surface area (Å²) in [5, 5.41) is 17.0. The molecule has 0 amide bonds. The molecule has 1 rings (SSSR count). The predicted molar refractivity (Wildman–Crippen MR) is 57.3 cm³/mol. The molecule has 0 aliphatic carbocycles. The fraction of sp³-hybridized carbons (Fsp3) is 0.364. The lowest BCUT2D eigenvalue weighted by molar-refractivity contribution is 0.204. The summed E-state index contributed by atoms with van der Waals surface area (Å²) in [4.78, 5) is 0. The highest BCUT2D eigenvalue weighted by Crippen LogP contribution is 2.20. The number of ether oxygens (including phenoxy) is 2. The summed E-state index contributed by atoms with van der Waals surface area (Å²) < 4.78 is 9.95. The van der Waals surface area contributed by atoms with E-state index in [1.807, 2.05) is 6.92 Å². The molecule has 0 aromatic heterocycles. The van der Waals surface area contributed by atoms with Crippen LogP contribution in [-0.4, -0.2) is 24.7 Å². The van der Waals surface area contributed by atoms with Crippen molar-refractivity contribution in [1.29, 1.82) is 5.41 Å². The third-order valence-corrected chi connectivity index (χ3v) is 1.95. The summed E-state index contributed by atoms with van der Waals surface area (Å²) in [5.41, 5.74) is 0.591. The minimum absolute atomic E-state index is 0.177. The van der Waals surface area contributed by atoms with Gasteiger partial charge in [0.05, 0.1) is 13.7 Å². The molecule has 0 spiro atoms. The summed E-state index contributed by atoms with van der Waals surface area (Å²) in [5.74, 6) is 0.501. The van der Waals surface area contributed by atoms with Gasteiger partial charge >= 0.3 is 0 Å². The zero-order chi connectivity index (χ0) is 11.3. The first kappa shape index (κ1) is 11.5. The van der Waals surface area contributed by atoms with Crippen molar-refractivity contribution in [3.8, 4) is 5.75 Å². The Labute approximate surface area is 89.0 Å². The Hall–Kier alpha value is -1.55. The lowest BCUT2D eigenvalue weighted by Gasteiger charge is -2.12. The number of rotatable bonds is 4. The van der Waals surface area contributed by atoms with Gasteiger partial charge in [0, 0.05) is 0 Å². The molecular formula is C11H15NO3. The predicted octanol–water partition coefficient (Wildman–Crippen LogP) is 1.74. The number of aliphatic hydroxyl groups excluding tert-OH is 1. The average molecular weight is 209 g/mol. The molecule has 1 aromatic rings. The largest absolute Gasteiger partial charge is 0.494 e. The third-order valence-electron chi connectivity index (χ3n) is 1.95. The maximum atomic E-state index is 9.68. The van der Waals surface area contributed by atoms with Crippen LogP contribution in [0.2, 0.25) is 0 Å². The Morgan fingerprint density at radius 3 is 2.87 bits per heavy atom. The maximum absolute atomic E-state index is 9.68. The van der Waals surface area contributed by atoms with Gasteiger partial charge in [0.1, 0.15) is 5.75 Å². The smallest absolute Gasteiger partial charge is 0.214 e. The van der Waals surface area contributed by atoms with E-state index in [1.54, 1.807) is 24.3 Å². The van der Waals surface area contributed by atoms with Crippen LogP contribution in [0.25, 0.3) is 0 Å². The van der Waals surface area contributed by atoms with E-state index in [9.17, 15) is 5.11 Å². The summed E-state index contributed by atoms with van der Waals surface area (Å²) in [6, 6.07) is 6.99. The molecule has 82 valence electrons. The highest BCUT2D eigenvalue weighted by Gasteiger charge is 2.14. The number of aliphatic hydroxyl groups is 1. The summed E-state index contributed by atoms with van der Waals surface area (Å²) >= 11 is 0. The van der Waals surface area contributed by atoms with E-state index in [0.29, 0.717) is 17.9 Å². The molecule has 4 nitrogen and oxygen atoms in total. The van der Waals surface area contributed by atoms with Crippen molar-refractivity contribution in [1.82, 2.24) is 0 Å². The fourth-order valence-corrected chi connectivity index (χ4v) is 1.20. The summed E-state index contributed by atoms with van der Waals surface area (Å²) in [6.45, 7) is 2.46. The first-order valence-corrected chi connectivity index (χ1v) is 4.72. The quantitative estimate of drug-likeness (QED) is 0.586. The molecule has 1 aromatic carbocycles. The monoisotopic (exact) mass is 209 g/mol. The highest BCUT2D eigenvalue weighted by molar-refractivity contribution is 5.78. The number of hydrogen-bond donors (Lipinski definition) is 2. The number of benzene rings is 1. The molecule has 15 heavy (non-hydrogen) atoms. The Bertz CT molecular complexity index is 338. The Morgan fingerprint density at radius 1 is 1.53 bits per heavy atom. The molecule has 0 fully saturated rings. The van der Waals surface area contributed by atoms with Crippen molar-refractivity contribution in [2.24, 2.45) is 0 Å². The second-order valence-corrected chi connectivity index (χ2v) is 2.98. The van der Waals surface area contributed by atoms with Gasteiger partial charge in [-0.25, -0.2) is 0 Å². The Morgan fingerprint density at radius 2 is 2.27 bits per heavy atom. The molecule has 0 saturated carbocycles.